The molecule has 7 heteroatoms. The van der Waals surface area contributed by atoms with Gasteiger partial charge in [-0.15, -0.1) is 0 Å². The number of halogens is 2. The summed E-state index contributed by atoms with van der Waals surface area (Å²) in [6, 6.07) is 9.94. The average Bonchev–Trinajstić information content (AvgIpc) is 2.79. The van der Waals surface area contributed by atoms with Crippen LogP contribution in [0.4, 0.5) is 14.5 Å². The summed E-state index contributed by atoms with van der Waals surface area (Å²) in [5.74, 6) is -1.57. The average molecular weight is 366 g/mol. The molecule has 0 spiro atoms. The highest BCUT2D eigenvalue weighted by molar-refractivity contribution is 7.93. The van der Waals surface area contributed by atoms with E-state index in [1.807, 2.05) is 7.05 Å². The third-order valence-electron chi connectivity index (χ3n) is 4.38. The minimum atomic E-state index is -3.81. The molecule has 1 heterocycles. The molecular weight excluding hydrogens is 346 g/mol. The predicted octanol–water partition coefficient (Wildman–Crippen LogP) is 3.20. The quantitative estimate of drug-likeness (QED) is 0.799. The van der Waals surface area contributed by atoms with E-state index in [4.69, 9.17) is 0 Å². The Morgan fingerprint density at radius 2 is 1.84 bits per heavy atom. The third-order valence-corrected chi connectivity index (χ3v) is 6.47. The van der Waals surface area contributed by atoms with Crippen LogP contribution in [0.1, 0.15) is 29.2 Å². The van der Waals surface area contributed by atoms with E-state index in [0.717, 1.165) is 25.1 Å². The SMILES string of the molecule is CNCCCCN1c2ccccc2C(c2ccc(F)cc2F)S1(=O)=O. The zero-order valence-corrected chi connectivity index (χ0v) is 14.7. The molecule has 0 saturated carbocycles. The van der Waals surface area contributed by atoms with E-state index in [1.165, 1.54) is 10.4 Å². The molecule has 134 valence electrons. The van der Waals surface area contributed by atoms with Crippen LogP contribution in [0.2, 0.25) is 0 Å². The van der Waals surface area contributed by atoms with Gasteiger partial charge in [0.1, 0.15) is 16.9 Å². The van der Waals surface area contributed by atoms with Crippen LogP contribution < -0.4 is 9.62 Å². The van der Waals surface area contributed by atoms with E-state index in [2.05, 4.69) is 5.32 Å². The number of benzene rings is 2. The van der Waals surface area contributed by atoms with Crippen molar-refractivity contribution in [3.63, 3.8) is 0 Å². The smallest absolute Gasteiger partial charge is 0.246 e. The van der Waals surface area contributed by atoms with Gasteiger partial charge in [0.25, 0.3) is 0 Å². The molecule has 0 saturated heterocycles. The van der Waals surface area contributed by atoms with E-state index in [1.54, 1.807) is 24.3 Å². The number of unbranched alkanes of at least 4 members (excludes halogenated alkanes) is 1. The van der Waals surface area contributed by atoms with Gasteiger partial charge < -0.3 is 5.32 Å². The van der Waals surface area contributed by atoms with Crippen LogP contribution in [0.15, 0.2) is 42.5 Å². The van der Waals surface area contributed by atoms with Crippen LogP contribution in [-0.2, 0) is 10.0 Å². The second-order valence-electron chi connectivity index (χ2n) is 6.03. The number of rotatable bonds is 6. The largest absolute Gasteiger partial charge is 0.320 e. The summed E-state index contributed by atoms with van der Waals surface area (Å²) < 4.78 is 55.1. The molecule has 0 bridgehead atoms. The standard InChI is InChI=1S/C18H20F2N2O2S/c1-21-10-4-5-11-22-17-7-3-2-6-15(17)18(25(22,23)24)14-9-8-13(19)12-16(14)20/h2-3,6-9,12,18,21H,4-5,10-11H2,1H3. The summed E-state index contributed by atoms with van der Waals surface area (Å²) >= 11 is 0. The number of anilines is 1. The minimum Gasteiger partial charge on any atom is -0.320 e. The van der Waals surface area contributed by atoms with Crippen LogP contribution in [0, 0.1) is 11.6 Å². The van der Waals surface area contributed by atoms with E-state index < -0.39 is 26.9 Å². The number of nitrogens with zero attached hydrogens (tertiary/aromatic N) is 1. The summed E-state index contributed by atoms with van der Waals surface area (Å²) in [5.41, 5.74) is 1.08. The van der Waals surface area contributed by atoms with Crippen molar-refractivity contribution in [3.8, 4) is 0 Å². The van der Waals surface area contributed by atoms with Gasteiger partial charge in [0.05, 0.1) is 5.69 Å². The van der Waals surface area contributed by atoms with Crippen molar-refractivity contribution in [1.29, 1.82) is 0 Å². The molecule has 0 radical (unpaired) electrons. The highest BCUT2D eigenvalue weighted by Crippen LogP contribution is 2.46. The minimum absolute atomic E-state index is 0.0217. The molecule has 4 nitrogen and oxygen atoms in total. The van der Waals surface area contributed by atoms with Crippen molar-refractivity contribution in [3.05, 3.63) is 65.2 Å². The first kappa shape index (κ1) is 17.8. The fourth-order valence-electron chi connectivity index (χ4n) is 3.21. The van der Waals surface area contributed by atoms with Crippen LogP contribution in [-0.4, -0.2) is 28.6 Å². The van der Waals surface area contributed by atoms with Crippen molar-refractivity contribution in [2.45, 2.75) is 18.1 Å². The van der Waals surface area contributed by atoms with Gasteiger partial charge in [0, 0.05) is 23.7 Å². The van der Waals surface area contributed by atoms with Crippen LogP contribution >= 0.6 is 0 Å². The second-order valence-corrected chi connectivity index (χ2v) is 7.97. The maximum Gasteiger partial charge on any atom is 0.246 e. The van der Waals surface area contributed by atoms with Crippen molar-refractivity contribution >= 4 is 15.7 Å². The van der Waals surface area contributed by atoms with Gasteiger partial charge in [-0.1, -0.05) is 24.3 Å². The highest BCUT2D eigenvalue weighted by Gasteiger charge is 2.44. The molecule has 1 unspecified atom stereocenters. The van der Waals surface area contributed by atoms with Gasteiger partial charge in [-0.05, 0) is 38.6 Å². The Balaban J connectivity index is 2.02. The molecule has 0 amide bonds. The van der Waals surface area contributed by atoms with Gasteiger partial charge in [-0.3, -0.25) is 4.31 Å². The van der Waals surface area contributed by atoms with Crippen molar-refractivity contribution < 1.29 is 17.2 Å². The lowest BCUT2D eigenvalue weighted by atomic mass is 10.0. The van der Waals surface area contributed by atoms with E-state index in [0.29, 0.717) is 24.2 Å². The number of hydrogen-bond donors (Lipinski definition) is 1. The number of fused-ring (bicyclic) bond motifs is 1. The van der Waals surface area contributed by atoms with Gasteiger partial charge in [0.2, 0.25) is 10.0 Å². The number of para-hydroxylation sites is 1. The van der Waals surface area contributed by atoms with Crippen LogP contribution in [0.3, 0.4) is 0 Å². The van der Waals surface area contributed by atoms with Gasteiger partial charge >= 0.3 is 0 Å². The lowest BCUT2D eigenvalue weighted by molar-refractivity contribution is 0.563. The normalized spacial score (nSPS) is 18.4. The topological polar surface area (TPSA) is 49.4 Å². The fourth-order valence-corrected chi connectivity index (χ4v) is 5.32. The summed E-state index contributed by atoms with van der Waals surface area (Å²) in [4.78, 5) is 0. The number of hydrogen-bond acceptors (Lipinski definition) is 3. The molecule has 0 aliphatic carbocycles. The van der Waals surface area contributed by atoms with Gasteiger partial charge in [0.15, 0.2) is 0 Å². The molecule has 1 aliphatic rings. The summed E-state index contributed by atoms with van der Waals surface area (Å²) in [6.07, 6.45) is 1.52. The Kier molecular flexibility index (Phi) is 5.06. The first-order valence-electron chi connectivity index (χ1n) is 8.17. The Labute approximate surface area is 146 Å². The first-order chi connectivity index (χ1) is 12.0. The molecule has 1 aliphatic heterocycles. The Morgan fingerprint density at radius 1 is 1.08 bits per heavy atom. The molecule has 0 aromatic heterocycles. The maximum atomic E-state index is 14.3. The van der Waals surface area contributed by atoms with Crippen LogP contribution in [0.25, 0.3) is 0 Å². The molecule has 3 rings (SSSR count). The van der Waals surface area contributed by atoms with Crippen molar-refractivity contribution in [2.75, 3.05) is 24.4 Å². The zero-order chi connectivity index (χ0) is 18.0. The third kappa shape index (κ3) is 3.26. The number of nitrogens with one attached hydrogen (secondary N) is 1. The molecule has 0 fully saturated rings. The fraction of sp³-hybridized carbons (Fsp3) is 0.333. The Morgan fingerprint density at radius 3 is 2.56 bits per heavy atom. The Hall–Kier alpha value is -1.99. The first-order valence-corrected chi connectivity index (χ1v) is 9.67. The maximum absolute atomic E-state index is 14.3. The second kappa shape index (κ2) is 7.09. The van der Waals surface area contributed by atoms with Gasteiger partial charge in [-0.25, -0.2) is 17.2 Å². The number of sulfonamides is 1. The molecule has 25 heavy (non-hydrogen) atoms. The van der Waals surface area contributed by atoms with E-state index in [-0.39, 0.29) is 5.56 Å². The summed E-state index contributed by atoms with van der Waals surface area (Å²) in [6.45, 7) is 1.13. The molecular formula is C18H20F2N2O2S. The van der Waals surface area contributed by atoms with E-state index in [9.17, 15) is 17.2 Å². The molecule has 1 N–H and O–H groups in total. The summed E-state index contributed by atoms with van der Waals surface area (Å²) in [5, 5.41) is 1.88. The lowest BCUT2D eigenvalue weighted by Crippen LogP contribution is -2.30. The van der Waals surface area contributed by atoms with Crippen molar-refractivity contribution in [2.24, 2.45) is 0 Å². The lowest BCUT2D eigenvalue weighted by Gasteiger charge is -2.20. The predicted molar refractivity (Wildman–Crippen MR) is 94.1 cm³/mol. The monoisotopic (exact) mass is 366 g/mol. The molecule has 1 atom stereocenters. The van der Waals surface area contributed by atoms with E-state index >= 15 is 0 Å². The van der Waals surface area contributed by atoms with Crippen molar-refractivity contribution in [1.82, 2.24) is 5.32 Å². The Bertz CT molecular complexity index is 871. The zero-order valence-electron chi connectivity index (χ0n) is 13.9. The van der Waals surface area contributed by atoms with Gasteiger partial charge in [-0.2, -0.15) is 0 Å². The van der Waals surface area contributed by atoms with Crippen LogP contribution in [0.5, 0.6) is 0 Å². The molecule has 2 aromatic rings. The summed E-state index contributed by atoms with van der Waals surface area (Å²) in [7, 11) is -1.97. The molecule has 2 aromatic carbocycles. The highest BCUT2D eigenvalue weighted by atomic mass is 32.2.